The summed E-state index contributed by atoms with van der Waals surface area (Å²) in [5, 5.41) is 2.72. The fourth-order valence-electron chi connectivity index (χ4n) is 3.27. The van der Waals surface area contributed by atoms with E-state index in [1.807, 2.05) is 30.3 Å². The van der Waals surface area contributed by atoms with Gasteiger partial charge in [0.1, 0.15) is 11.8 Å². The molecule has 0 saturated heterocycles. The SMILES string of the molecule is NC(=O)[C@H](CC1CCCC1)NC(=O)c1ccc(-c2ccccc2)o1. The third-order valence-electron chi connectivity index (χ3n) is 4.58. The van der Waals surface area contributed by atoms with Gasteiger partial charge in [-0.3, -0.25) is 9.59 Å². The Kier molecular flexibility index (Phi) is 4.99. The first kappa shape index (κ1) is 16.3. The van der Waals surface area contributed by atoms with E-state index in [4.69, 9.17) is 10.2 Å². The minimum Gasteiger partial charge on any atom is -0.451 e. The molecule has 1 heterocycles. The summed E-state index contributed by atoms with van der Waals surface area (Å²) in [6.07, 6.45) is 5.16. The molecule has 0 spiro atoms. The second kappa shape index (κ2) is 7.34. The van der Waals surface area contributed by atoms with Gasteiger partial charge >= 0.3 is 0 Å². The molecule has 2 aromatic rings. The van der Waals surface area contributed by atoms with E-state index in [-0.39, 0.29) is 5.76 Å². The zero-order chi connectivity index (χ0) is 16.9. The van der Waals surface area contributed by atoms with Gasteiger partial charge < -0.3 is 15.5 Å². The van der Waals surface area contributed by atoms with E-state index >= 15 is 0 Å². The molecule has 126 valence electrons. The van der Waals surface area contributed by atoms with Crippen LogP contribution >= 0.6 is 0 Å². The average molecular weight is 326 g/mol. The van der Waals surface area contributed by atoms with Gasteiger partial charge in [0, 0.05) is 5.56 Å². The van der Waals surface area contributed by atoms with Gasteiger partial charge in [-0.15, -0.1) is 0 Å². The summed E-state index contributed by atoms with van der Waals surface area (Å²) in [6, 6.07) is 12.3. The molecule has 0 bridgehead atoms. The zero-order valence-electron chi connectivity index (χ0n) is 13.5. The summed E-state index contributed by atoms with van der Waals surface area (Å²) in [5.41, 5.74) is 6.35. The number of primary amides is 1. The third kappa shape index (κ3) is 3.85. The minimum absolute atomic E-state index is 0.187. The van der Waals surface area contributed by atoms with E-state index in [9.17, 15) is 9.59 Å². The van der Waals surface area contributed by atoms with Crippen LogP contribution in [0, 0.1) is 5.92 Å². The molecule has 3 rings (SSSR count). The van der Waals surface area contributed by atoms with Crippen LogP contribution < -0.4 is 11.1 Å². The van der Waals surface area contributed by atoms with Crippen molar-refractivity contribution in [2.24, 2.45) is 11.7 Å². The standard InChI is InChI=1S/C19H22N2O3/c20-18(22)15(12-13-6-4-5-7-13)21-19(23)17-11-10-16(24-17)14-8-2-1-3-9-14/h1-3,8-11,13,15H,4-7,12H2,(H2,20,22)(H,21,23)/t15-/m0/s1. The second-order valence-electron chi connectivity index (χ2n) is 6.34. The monoisotopic (exact) mass is 326 g/mol. The zero-order valence-corrected chi connectivity index (χ0v) is 13.5. The fraction of sp³-hybridized carbons (Fsp3) is 0.368. The molecular weight excluding hydrogens is 304 g/mol. The molecule has 3 N–H and O–H groups in total. The summed E-state index contributed by atoms with van der Waals surface area (Å²) in [4.78, 5) is 24.0. The number of furan rings is 1. The molecule has 5 heteroatoms. The van der Waals surface area contributed by atoms with Gasteiger partial charge in [-0.05, 0) is 24.5 Å². The molecule has 1 aliphatic carbocycles. The van der Waals surface area contributed by atoms with Gasteiger partial charge in [-0.1, -0.05) is 56.0 Å². The van der Waals surface area contributed by atoms with E-state index in [1.54, 1.807) is 12.1 Å². The predicted octanol–water partition coefficient (Wildman–Crippen LogP) is 3.11. The Labute approximate surface area is 141 Å². The van der Waals surface area contributed by atoms with Crippen LogP contribution in [0.2, 0.25) is 0 Å². The number of benzene rings is 1. The van der Waals surface area contributed by atoms with E-state index < -0.39 is 17.9 Å². The van der Waals surface area contributed by atoms with Crippen molar-refractivity contribution in [1.82, 2.24) is 5.32 Å². The molecule has 1 atom stereocenters. The lowest BCUT2D eigenvalue weighted by Crippen LogP contribution is -2.45. The van der Waals surface area contributed by atoms with Crippen LogP contribution in [0.4, 0.5) is 0 Å². The molecule has 0 aliphatic heterocycles. The van der Waals surface area contributed by atoms with E-state index in [2.05, 4.69) is 5.32 Å². The van der Waals surface area contributed by atoms with Gasteiger partial charge in [-0.2, -0.15) is 0 Å². The molecule has 24 heavy (non-hydrogen) atoms. The average Bonchev–Trinajstić information content (AvgIpc) is 3.26. The maximum absolute atomic E-state index is 12.4. The lowest BCUT2D eigenvalue weighted by Gasteiger charge is -2.18. The van der Waals surface area contributed by atoms with Crippen molar-refractivity contribution in [3.8, 4) is 11.3 Å². The van der Waals surface area contributed by atoms with Crippen molar-refractivity contribution in [3.63, 3.8) is 0 Å². The van der Waals surface area contributed by atoms with Crippen LogP contribution in [-0.2, 0) is 4.79 Å². The smallest absolute Gasteiger partial charge is 0.287 e. The molecule has 1 aliphatic rings. The van der Waals surface area contributed by atoms with Gasteiger partial charge in [0.25, 0.3) is 5.91 Å². The third-order valence-corrected chi connectivity index (χ3v) is 4.58. The number of carbonyl (C=O) groups excluding carboxylic acids is 2. The highest BCUT2D eigenvalue weighted by Crippen LogP contribution is 2.28. The second-order valence-corrected chi connectivity index (χ2v) is 6.34. The Morgan fingerprint density at radius 2 is 1.83 bits per heavy atom. The first-order valence-electron chi connectivity index (χ1n) is 8.39. The quantitative estimate of drug-likeness (QED) is 0.855. The van der Waals surface area contributed by atoms with Crippen LogP contribution in [0.15, 0.2) is 46.9 Å². The molecule has 2 amide bonds. The Morgan fingerprint density at radius 3 is 2.50 bits per heavy atom. The Balaban J connectivity index is 1.66. The van der Waals surface area contributed by atoms with Crippen molar-refractivity contribution in [3.05, 3.63) is 48.2 Å². The number of nitrogens with one attached hydrogen (secondary N) is 1. The van der Waals surface area contributed by atoms with E-state index in [0.29, 0.717) is 18.1 Å². The number of hydrogen-bond acceptors (Lipinski definition) is 3. The van der Waals surface area contributed by atoms with Crippen LogP contribution in [0.5, 0.6) is 0 Å². The van der Waals surface area contributed by atoms with Crippen molar-refractivity contribution in [2.45, 2.75) is 38.1 Å². The van der Waals surface area contributed by atoms with Crippen molar-refractivity contribution in [1.29, 1.82) is 0 Å². The molecule has 1 aromatic carbocycles. The Bertz CT molecular complexity index is 702. The number of carbonyl (C=O) groups is 2. The Hall–Kier alpha value is -2.56. The number of hydrogen-bond donors (Lipinski definition) is 2. The molecular formula is C19H22N2O3. The normalized spacial score (nSPS) is 16.0. The van der Waals surface area contributed by atoms with Crippen LogP contribution in [-0.4, -0.2) is 17.9 Å². The van der Waals surface area contributed by atoms with Crippen molar-refractivity contribution in [2.75, 3.05) is 0 Å². The first-order chi connectivity index (χ1) is 11.6. The molecule has 1 aromatic heterocycles. The van der Waals surface area contributed by atoms with Crippen molar-refractivity contribution < 1.29 is 14.0 Å². The number of amides is 2. The van der Waals surface area contributed by atoms with Crippen LogP contribution in [0.3, 0.4) is 0 Å². The largest absolute Gasteiger partial charge is 0.451 e. The highest BCUT2D eigenvalue weighted by atomic mass is 16.3. The van der Waals surface area contributed by atoms with Gasteiger partial charge in [0.15, 0.2) is 5.76 Å². The molecule has 1 saturated carbocycles. The number of rotatable bonds is 6. The maximum atomic E-state index is 12.4. The lowest BCUT2D eigenvalue weighted by molar-refractivity contribution is -0.120. The molecule has 1 fully saturated rings. The summed E-state index contributed by atoms with van der Waals surface area (Å²) in [6.45, 7) is 0. The van der Waals surface area contributed by atoms with E-state index in [1.165, 1.54) is 12.8 Å². The predicted molar refractivity (Wildman–Crippen MR) is 91.2 cm³/mol. The topological polar surface area (TPSA) is 85.3 Å². The summed E-state index contributed by atoms with van der Waals surface area (Å²) in [5.74, 6) is 0.363. The molecule has 0 radical (unpaired) electrons. The van der Waals surface area contributed by atoms with E-state index in [0.717, 1.165) is 18.4 Å². The minimum atomic E-state index is -0.647. The van der Waals surface area contributed by atoms with Crippen LogP contribution in [0.1, 0.15) is 42.7 Å². The Morgan fingerprint density at radius 1 is 1.12 bits per heavy atom. The van der Waals surface area contributed by atoms with Crippen molar-refractivity contribution >= 4 is 11.8 Å². The van der Waals surface area contributed by atoms with Gasteiger partial charge in [0.2, 0.25) is 5.91 Å². The van der Waals surface area contributed by atoms with Gasteiger partial charge in [-0.25, -0.2) is 0 Å². The summed E-state index contributed by atoms with van der Waals surface area (Å²) >= 11 is 0. The first-order valence-corrected chi connectivity index (χ1v) is 8.39. The van der Waals surface area contributed by atoms with Gasteiger partial charge in [0.05, 0.1) is 0 Å². The lowest BCUT2D eigenvalue weighted by atomic mass is 9.98. The highest BCUT2D eigenvalue weighted by molar-refractivity contribution is 5.95. The molecule has 5 nitrogen and oxygen atoms in total. The number of nitrogens with two attached hydrogens (primary N) is 1. The van der Waals surface area contributed by atoms with Crippen LogP contribution in [0.25, 0.3) is 11.3 Å². The maximum Gasteiger partial charge on any atom is 0.287 e. The summed E-state index contributed by atoms with van der Waals surface area (Å²) in [7, 11) is 0. The molecule has 0 unspecified atom stereocenters. The fourth-order valence-corrected chi connectivity index (χ4v) is 3.27. The summed E-state index contributed by atoms with van der Waals surface area (Å²) < 4.78 is 5.62. The highest BCUT2D eigenvalue weighted by Gasteiger charge is 2.26.